The number of aryl methyl sites for hydroxylation is 2. The van der Waals surface area contributed by atoms with Crippen LogP contribution in [0.15, 0.2) is 48.9 Å². The van der Waals surface area contributed by atoms with Gasteiger partial charge in [-0.3, -0.25) is 4.79 Å². The molecule has 1 aliphatic heterocycles. The number of piperidine rings is 1. The fourth-order valence-corrected chi connectivity index (χ4v) is 3.49. The molecule has 0 spiro atoms. The molecule has 3 aromatic rings. The summed E-state index contributed by atoms with van der Waals surface area (Å²) in [7, 11) is 0. The summed E-state index contributed by atoms with van der Waals surface area (Å²) in [5.41, 5.74) is 1.63. The number of hydrogen-bond donors (Lipinski definition) is 2. The van der Waals surface area contributed by atoms with E-state index >= 15 is 0 Å². The topological polar surface area (TPSA) is 89.7 Å². The molecule has 1 amide bonds. The Kier molecular flexibility index (Phi) is 5.77. The van der Waals surface area contributed by atoms with Crippen LogP contribution < -0.4 is 10.6 Å². The molecule has 2 N–H and O–H groups in total. The normalized spacial score (nSPS) is 14.9. The molecule has 1 aromatic carbocycles. The predicted molar refractivity (Wildman–Crippen MR) is 105 cm³/mol. The number of carbonyl (C=O) groups excluding carboxylic acids is 1. The monoisotopic (exact) mass is 379 g/mol. The Morgan fingerprint density at radius 3 is 2.86 bits per heavy atom. The second kappa shape index (κ2) is 8.79. The minimum atomic E-state index is -0.224. The summed E-state index contributed by atoms with van der Waals surface area (Å²) in [6, 6.07) is 10.6. The smallest absolute Gasteiger partial charge is 0.273 e. The van der Waals surface area contributed by atoms with Gasteiger partial charge in [0.15, 0.2) is 5.69 Å². The summed E-state index contributed by atoms with van der Waals surface area (Å²) >= 11 is 0. The molecule has 1 fully saturated rings. The van der Waals surface area contributed by atoms with Gasteiger partial charge in [-0.15, -0.1) is 5.10 Å². The van der Waals surface area contributed by atoms with Crippen LogP contribution in [-0.4, -0.2) is 43.5 Å². The highest BCUT2D eigenvalue weighted by molar-refractivity contribution is 5.91. The standard InChI is InChI=1S/C20H25N7O/c28-20(18-15-27(25-24-18)17-6-9-21-10-7-17)23-14-19-22-11-13-26(19)12-8-16-4-2-1-3-5-16/h1-5,11,13,15,17,21H,6-10,12,14H2,(H,23,28). The summed E-state index contributed by atoms with van der Waals surface area (Å²) in [5.74, 6) is 0.604. The van der Waals surface area contributed by atoms with Gasteiger partial charge in [0.25, 0.3) is 5.91 Å². The fraction of sp³-hybridized carbons (Fsp3) is 0.400. The number of nitrogens with zero attached hydrogens (tertiary/aromatic N) is 5. The highest BCUT2D eigenvalue weighted by Gasteiger charge is 2.19. The first-order chi connectivity index (χ1) is 13.8. The summed E-state index contributed by atoms with van der Waals surface area (Å²) in [5, 5.41) is 14.4. The SMILES string of the molecule is O=C(NCc1nccn1CCc1ccccc1)c1cn(C2CCNCC2)nn1. The summed E-state index contributed by atoms with van der Waals surface area (Å²) < 4.78 is 3.88. The van der Waals surface area contributed by atoms with Crippen molar-refractivity contribution in [1.82, 2.24) is 35.2 Å². The van der Waals surface area contributed by atoms with Gasteiger partial charge in [-0.1, -0.05) is 35.5 Å². The van der Waals surface area contributed by atoms with E-state index in [-0.39, 0.29) is 5.91 Å². The Bertz CT molecular complexity index is 896. The molecule has 0 saturated carbocycles. The molecular formula is C20H25N7O. The molecule has 0 radical (unpaired) electrons. The number of benzene rings is 1. The van der Waals surface area contributed by atoms with Crippen molar-refractivity contribution in [3.8, 4) is 0 Å². The Hall–Kier alpha value is -3.00. The van der Waals surface area contributed by atoms with Crippen LogP contribution >= 0.6 is 0 Å². The van der Waals surface area contributed by atoms with Gasteiger partial charge < -0.3 is 15.2 Å². The number of aromatic nitrogens is 5. The van der Waals surface area contributed by atoms with E-state index in [4.69, 9.17) is 0 Å². The Balaban J connectivity index is 1.31. The Morgan fingerprint density at radius 1 is 1.21 bits per heavy atom. The molecule has 28 heavy (non-hydrogen) atoms. The minimum absolute atomic E-state index is 0.224. The average Bonchev–Trinajstić information content (AvgIpc) is 3.42. The number of rotatable bonds is 7. The van der Waals surface area contributed by atoms with Crippen molar-refractivity contribution >= 4 is 5.91 Å². The Morgan fingerprint density at radius 2 is 2.04 bits per heavy atom. The lowest BCUT2D eigenvalue weighted by Gasteiger charge is -2.22. The van der Waals surface area contributed by atoms with Crippen LogP contribution in [0.4, 0.5) is 0 Å². The molecule has 8 heteroatoms. The van der Waals surface area contributed by atoms with E-state index in [9.17, 15) is 4.79 Å². The molecule has 0 unspecified atom stereocenters. The maximum atomic E-state index is 12.5. The lowest BCUT2D eigenvalue weighted by Crippen LogP contribution is -2.29. The van der Waals surface area contributed by atoms with E-state index in [1.807, 2.05) is 29.1 Å². The van der Waals surface area contributed by atoms with Crippen LogP contribution in [0.2, 0.25) is 0 Å². The molecule has 146 valence electrons. The molecule has 8 nitrogen and oxygen atoms in total. The molecular weight excluding hydrogens is 354 g/mol. The zero-order valence-corrected chi connectivity index (χ0v) is 15.8. The van der Waals surface area contributed by atoms with Crippen LogP contribution in [0.1, 0.15) is 40.8 Å². The molecule has 3 heterocycles. The van der Waals surface area contributed by atoms with Gasteiger partial charge in [-0.05, 0) is 37.9 Å². The van der Waals surface area contributed by atoms with Gasteiger partial charge >= 0.3 is 0 Å². The number of hydrogen-bond acceptors (Lipinski definition) is 5. The van der Waals surface area contributed by atoms with Crippen molar-refractivity contribution in [1.29, 1.82) is 0 Å². The number of amides is 1. The lowest BCUT2D eigenvalue weighted by molar-refractivity contribution is 0.0944. The summed E-state index contributed by atoms with van der Waals surface area (Å²) in [4.78, 5) is 16.8. The second-order valence-electron chi connectivity index (χ2n) is 7.02. The molecule has 0 aliphatic carbocycles. The van der Waals surface area contributed by atoms with Crippen LogP contribution in [0.3, 0.4) is 0 Å². The number of imidazole rings is 1. The van der Waals surface area contributed by atoms with Crippen LogP contribution in [0.25, 0.3) is 0 Å². The molecule has 0 bridgehead atoms. The van der Waals surface area contributed by atoms with Crippen molar-refractivity contribution in [3.63, 3.8) is 0 Å². The van der Waals surface area contributed by atoms with E-state index in [1.54, 1.807) is 12.4 Å². The molecule has 0 atom stereocenters. The lowest BCUT2D eigenvalue weighted by atomic mass is 10.1. The van der Waals surface area contributed by atoms with Gasteiger partial charge in [-0.25, -0.2) is 9.67 Å². The van der Waals surface area contributed by atoms with E-state index in [2.05, 4.69) is 42.6 Å². The van der Waals surface area contributed by atoms with Crippen molar-refractivity contribution in [3.05, 3.63) is 66.0 Å². The van der Waals surface area contributed by atoms with Gasteiger partial charge in [0, 0.05) is 18.9 Å². The molecule has 1 saturated heterocycles. The van der Waals surface area contributed by atoms with Crippen LogP contribution in [0, 0.1) is 0 Å². The van der Waals surface area contributed by atoms with E-state index in [0.29, 0.717) is 18.3 Å². The van der Waals surface area contributed by atoms with Crippen molar-refractivity contribution in [2.24, 2.45) is 0 Å². The first kappa shape index (κ1) is 18.4. The molecule has 2 aromatic heterocycles. The first-order valence-electron chi connectivity index (χ1n) is 9.74. The van der Waals surface area contributed by atoms with Crippen molar-refractivity contribution in [2.45, 2.75) is 38.4 Å². The predicted octanol–water partition coefficient (Wildman–Crippen LogP) is 1.57. The van der Waals surface area contributed by atoms with E-state index in [0.717, 1.165) is 44.7 Å². The highest BCUT2D eigenvalue weighted by atomic mass is 16.2. The zero-order chi connectivity index (χ0) is 19.2. The largest absolute Gasteiger partial charge is 0.343 e. The van der Waals surface area contributed by atoms with Crippen LogP contribution in [0.5, 0.6) is 0 Å². The molecule has 4 rings (SSSR count). The summed E-state index contributed by atoms with van der Waals surface area (Å²) in [6.07, 6.45) is 8.38. The first-order valence-corrected chi connectivity index (χ1v) is 9.74. The third kappa shape index (κ3) is 4.45. The van der Waals surface area contributed by atoms with Gasteiger partial charge in [0.2, 0.25) is 0 Å². The minimum Gasteiger partial charge on any atom is -0.343 e. The van der Waals surface area contributed by atoms with Crippen molar-refractivity contribution < 1.29 is 4.79 Å². The third-order valence-electron chi connectivity index (χ3n) is 5.12. The average molecular weight is 379 g/mol. The van der Waals surface area contributed by atoms with E-state index in [1.165, 1.54) is 5.56 Å². The Labute approximate surface area is 164 Å². The maximum Gasteiger partial charge on any atom is 0.273 e. The number of carbonyl (C=O) groups is 1. The fourth-order valence-electron chi connectivity index (χ4n) is 3.49. The zero-order valence-electron chi connectivity index (χ0n) is 15.8. The highest BCUT2D eigenvalue weighted by Crippen LogP contribution is 2.17. The van der Waals surface area contributed by atoms with Gasteiger partial charge in [0.05, 0.1) is 18.8 Å². The number of nitrogens with one attached hydrogen (secondary N) is 2. The second-order valence-corrected chi connectivity index (χ2v) is 7.02. The van der Waals surface area contributed by atoms with Gasteiger partial charge in [0.1, 0.15) is 5.82 Å². The summed E-state index contributed by atoms with van der Waals surface area (Å²) in [6.45, 7) is 3.12. The van der Waals surface area contributed by atoms with E-state index < -0.39 is 0 Å². The third-order valence-corrected chi connectivity index (χ3v) is 5.12. The van der Waals surface area contributed by atoms with Gasteiger partial charge in [-0.2, -0.15) is 0 Å². The quantitative estimate of drug-likeness (QED) is 0.650. The van der Waals surface area contributed by atoms with Crippen molar-refractivity contribution in [2.75, 3.05) is 13.1 Å². The van der Waals surface area contributed by atoms with Crippen LogP contribution in [-0.2, 0) is 19.5 Å². The maximum absolute atomic E-state index is 12.5. The molecule has 1 aliphatic rings.